The molecule has 1 heterocycles. The number of nitrogens with zero attached hydrogens (tertiary/aromatic N) is 3. The summed E-state index contributed by atoms with van der Waals surface area (Å²) in [5, 5.41) is 0. The molecule has 0 aliphatic carbocycles. The fourth-order valence-electron chi connectivity index (χ4n) is 3.49. The van der Waals surface area contributed by atoms with Gasteiger partial charge < -0.3 is 14.2 Å². The smallest absolute Gasteiger partial charge is 0.335 e. The second-order valence-corrected chi connectivity index (χ2v) is 8.02. The van der Waals surface area contributed by atoms with E-state index in [1.165, 1.54) is 18.8 Å². The number of hydrogen-bond acceptors (Lipinski definition) is 7. The summed E-state index contributed by atoms with van der Waals surface area (Å²) >= 11 is 0. The lowest BCUT2D eigenvalue weighted by atomic mass is 10.1. The van der Waals surface area contributed by atoms with E-state index in [0.29, 0.717) is 23.8 Å². The molecule has 10 nitrogen and oxygen atoms in total. The van der Waals surface area contributed by atoms with E-state index in [2.05, 4.69) is 9.98 Å². The van der Waals surface area contributed by atoms with E-state index in [4.69, 9.17) is 14.2 Å². The molecule has 1 atom stereocenters. The molecule has 0 radical (unpaired) electrons. The number of carbonyl (C=O) groups excluding carboxylic acids is 1. The topological polar surface area (TPSA) is 117 Å². The lowest BCUT2D eigenvalue weighted by molar-refractivity contribution is -0.145. The highest BCUT2D eigenvalue weighted by molar-refractivity contribution is 5.71. The summed E-state index contributed by atoms with van der Waals surface area (Å²) in [6.07, 6.45) is 0. The minimum absolute atomic E-state index is 0.0637. The van der Waals surface area contributed by atoms with Gasteiger partial charge in [0.05, 0.1) is 39.0 Å². The van der Waals surface area contributed by atoms with E-state index in [1.807, 2.05) is 38.1 Å². The fraction of sp³-hybridized carbons (Fsp3) is 0.360. The van der Waals surface area contributed by atoms with Crippen molar-refractivity contribution in [1.29, 1.82) is 0 Å². The van der Waals surface area contributed by atoms with Crippen LogP contribution in [0.4, 0.5) is 5.69 Å². The number of esters is 1. The Labute approximate surface area is 202 Å². The number of H-pyrrole nitrogens is 1. The molecule has 0 spiro atoms. The average Bonchev–Trinajstić information content (AvgIpc) is 2.85. The Bertz CT molecular complexity index is 1370. The Hall–Kier alpha value is -4.08. The van der Waals surface area contributed by atoms with Crippen molar-refractivity contribution in [3.05, 3.63) is 80.2 Å². The molecule has 0 bridgehead atoms. The van der Waals surface area contributed by atoms with Crippen LogP contribution in [-0.4, -0.2) is 40.9 Å². The summed E-state index contributed by atoms with van der Waals surface area (Å²) in [6.45, 7) is 5.93. The van der Waals surface area contributed by atoms with Gasteiger partial charge in [0.2, 0.25) is 5.62 Å². The molecule has 35 heavy (non-hydrogen) atoms. The second-order valence-electron chi connectivity index (χ2n) is 8.02. The van der Waals surface area contributed by atoms with Crippen LogP contribution in [0.5, 0.6) is 11.5 Å². The summed E-state index contributed by atoms with van der Waals surface area (Å²) in [4.78, 5) is 45.4. The SMILES string of the molecule is CCOc1ccc(/N=c2\[nH]c(=O)n(C[C@H](C)C(=O)OC)c(=O)n2Cc2ccc(C)cc2)cc1OC. The first-order valence-electron chi connectivity index (χ1n) is 11.2. The number of hydrogen-bond donors (Lipinski definition) is 1. The summed E-state index contributed by atoms with van der Waals surface area (Å²) in [6, 6.07) is 12.7. The average molecular weight is 483 g/mol. The van der Waals surface area contributed by atoms with Gasteiger partial charge in [-0.1, -0.05) is 36.8 Å². The molecule has 0 saturated carbocycles. The molecule has 0 unspecified atom stereocenters. The van der Waals surface area contributed by atoms with Crippen molar-refractivity contribution in [3.8, 4) is 11.5 Å². The highest BCUT2D eigenvalue weighted by atomic mass is 16.5. The van der Waals surface area contributed by atoms with Gasteiger partial charge in [0.1, 0.15) is 0 Å². The van der Waals surface area contributed by atoms with E-state index < -0.39 is 23.3 Å². The molecule has 2 aromatic carbocycles. The highest BCUT2D eigenvalue weighted by Crippen LogP contribution is 2.31. The van der Waals surface area contributed by atoms with Gasteiger partial charge in [0.15, 0.2) is 11.5 Å². The van der Waals surface area contributed by atoms with E-state index in [1.54, 1.807) is 25.1 Å². The highest BCUT2D eigenvalue weighted by Gasteiger charge is 2.18. The van der Waals surface area contributed by atoms with Gasteiger partial charge in [-0.15, -0.1) is 0 Å². The molecule has 0 fully saturated rings. The predicted molar refractivity (Wildman–Crippen MR) is 130 cm³/mol. The van der Waals surface area contributed by atoms with E-state index >= 15 is 0 Å². The molecule has 0 saturated heterocycles. The molecule has 0 amide bonds. The van der Waals surface area contributed by atoms with Crippen LogP contribution in [0.2, 0.25) is 0 Å². The van der Waals surface area contributed by atoms with Crippen LogP contribution in [0.3, 0.4) is 0 Å². The minimum atomic E-state index is -0.690. The van der Waals surface area contributed by atoms with Gasteiger partial charge in [0.25, 0.3) is 0 Å². The first-order valence-corrected chi connectivity index (χ1v) is 11.2. The standard InChI is InChI=1S/C25H30N4O6/c1-6-35-20-12-11-19(13-21(20)33-4)26-23-27-24(31)29(14-17(3)22(30)34-5)25(32)28(23)15-18-9-7-16(2)8-10-18/h7-13,17H,6,14-15H2,1-5H3,(H,26,27,31)/t17-/m0/s1. The maximum atomic E-state index is 13.4. The van der Waals surface area contributed by atoms with Crippen molar-refractivity contribution in [2.75, 3.05) is 20.8 Å². The van der Waals surface area contributed by atoms with Gasteiger partial charge in [-0.2, -0.15) is 0 Å². The second kappa shape index (κ2) is 11.4. The Morgan fingerprint density at radius 2 is 1.77 bits per heavy atom. The number of methoxy groups -OCH3 is 2. The third-order valence-electron chi connectivity index (χ3n) is 5.38. The number of rotatable bonds is 9. The van der Waals surface area contributed by atoms with Crippen molar-refractivity contribution in [2.45, 2.75) is 33.9 Å². The first kappa shape index (κ1) is 25.5. The molecule has 0 aliphatic rings. The quantitative estimate of drug-likeness (QED) is 0.467. The van der Waals surface area contributed by atoms with Crippen molar-refractivity contribution in [3.63, 3.8) is 0 Å². The number of nitrogens with one attached hydrogen (secondary N) is 1. The molecular formula is C25H30N4O6. The summed E-state index contributed by atoms with van der Waals surface area (Å²) in [5.74, 6) is -0.176. The van der Waals surface area contributed by atoms with Crippen LogP contribution < -0.4 is 26.5 Å². The number of aromatic amines is 1. The van der Waals surface area contributed by atoms with Crippen LogP contribution in [0.1, 0.15) is 25.0 Å². The van der Waals surface area contributed by atoms with E-state index in [0.717, 1.165) is 15.7 Å². The molecular weight excluding hydrogens is 452 g/mol. The predicted octanol–water partition coefficient (Wildman–Crippen LogP) is 2.14. The zero-order valence-electron chi connectivity index (χ0n) is 20.5. The molecule has 1 aromatic heterocycles. The number of ether oxygens (including phenoxy) is 3. The third-order valence-corrected chi connectivity index (χ3v) is 5.38. The Kier molecular flexibility index (Phi) is 8.30. The van der Waals surface area contributed by atoms with Gasteiger partial charge in [0, 0.05) is 12.6 Å². The van der Waals surface area contributed by atoms with Gasteiger partial charge in [-0.25, -0.2) is 19.1 Å². The van der Waals surface area contributed by atoms with Crippen molar-refractivity contribution in [1.82, 2.24) is 14.1 Å². The minimum Gasteiger partial charge on any atom is -0.493 e. The van der Waals surface area contributed by atoms with Crippen molar-refractivity contribution >= 4 is 11.7 Å². The zero-order valence-corrected chi connectivity index (χ0v) is 20.5. The molecule has 10 heteroatoms. The number of aromatic nitrogens is 3. The van der Waals surface area contributed by atoms with Gasteiger partial charge >= 0.3 is 17.3 Å². The van der Waals surface area contributed by atoms with E-state index in [9.17, 15) is 14.4 Å². The molecule has 3 aromatic rings. The first-order chi connectivity index (χ1) is 16.8. The molecule has 3 rings (SSSR count). The van der Waals surface area contributed by atoms with Crippen LogP contribution >= 0.6 is 0 Å². The van der Waals surface area contributed by atoms with Crippen LogP contribution in [0.25, 0.3) is 0 Å². The number of aryl methyl sites for hydroxylation is 1. The van der Waals surface area contributed by atoms with Gasteiger partial charge in [-0.05, 0) is 31.5 Å². The van der Waals surface area contributed by atoms with Crippen molar-refractivity contribution < 1.29 is 19.0 Å². The normalized spacial score (nSPS) is 12.3. The molecule has 186 valence electrons. The third kappa shape index (κ3) is 6.08. The Morgan fingerprint density at radius 1 is 1.06 bits per heavy atom. The molecule has 1 N–H and O–H groups in total. The summed E-state index contributed by atoms with van der Waals surface area (Å²) < 4.78 is 18.0. The maximum absolute atomic E-state index is 13.4. The lowest BCUT2D eigenvalue weighted by Crippen LogP contribution is -2.51. The van der Waals surface area contributed by atoms with Crippen LogP contribution in [0.15, 0.2) is 57.0 Å². The number of benzene rings is 2. The molecule has 0 aliphatic heterocycles. The summed E-state index contributed by atoms with van der Waals surface area (Å²) in [7, 11) is 2.78. The monoisotopic (exact) mass is 482 g/mol. The summed E-state index contributed by atoms with van der Waals surface area (Å²) in [5.41, 5.74) is 1.17. The van der Waals surface area contributed by atoms with Crippen LogP contribution in [-0.2, 0) is 22.6 Å². The van der Waals surface area contributed by atoms with Gasteiger partial charge in [-0.3, -0.25) is 14.3 Å². The number of carbonyl (C=O) groups is 1. The largest absolute Gasteiger partial charge is 0.493 e. The zero-order chi connectivity index (χ0) is 25.5. The maximum Gasteiger partial charge on any atom is 0.335 e. The fourth-order valence-corrected chi connectivity index (χ4v) is 3.49. The van der Waals surface area contributed by atoms with Crippen molar-refractivity contribution in [2.24, 2.45) is 10.9 Å². The van der Waals surface area contributed by atoms with Crippen LogP contribution in [0, 0.1) is 12.8 Å². The Morgan fingerprint density at radius 3 is 2.40 bits per heavy atom. The van der Waals surface area contributed by atoms with E-state index in [-0.39, 0.29) is 18.7 Å². The lowest BCUT2D eigenvalue weighted by Gasteiger charge is -2.14. The Balaban J connectivity index is 2.17.